The summed E-state index contributed by atoms with van der Waals surface area (Å²) in [6.45, 7) is 5.72. The third-order valence-electron chi connectivity index (χ3n) is 5.52. The quantitative estimate of drug-likeness (QED) is 0.913. The van der Waals surface area contributed by atoms with E-state index in [2.05, 4.69) is 9.88 Å². The Hall–Kier alpha value is -2.34. The van der Waals surface area contributed by atoms with Crippen molar-refractivity contribution in [3.8, 4) is 0 Å². The van der Waals surface area contributed by atoms with Gasteiger partial charge in [-0.25, -0.2) is 0 Å². The van der Waals surface area contributed by atoms with Gasteiger partial charge in [0.05, 0.1) is 0 Å². The van der Waals surface area contributed by atoms with Gasteiger partial charge in [0.25, 0.3) is 5.91 Å². The van der Waals surface area contributed by atoms with E-state index in [1.807, 2.05) is 35.2 Å². The molecule has 1 N–H and O–H groups in total. The van der Waals surface area contributed by atoms with Crippen molar-refractivity contribution in [3.63, 3.8) is 0 Å². The predicted octanol–water partition coefficient (Wildman–Crippen LogP) is 1.94. The molecule has 2 aliphatic heterocycles. The van der Waals surface area contributed by atoms with Crippen LogP contribution in [0.25, 0.3) is 10.9 Å². The average molecular weight is 354 g/mol. The van der Waals surface area contributed by atoms with Gasteiger partial charge in [-0.05, 0) is 38.1 Å². The summed E-state index contributed by atoms with van der Waals surface area (Å²) in [4.78, 5) is 34.6. The van der Waals surface area contributed by atoms with Gasteiger partial charge >= 0.3 is 0 Å². The number of aromatic amines is 1. The van der Waals surface area contributed by atoms with E-state index in [9.17, 15) is 9.59 Å². The zero-order valence-electron chi connectivity index (χ0n) is 15.1. The van der Waals surface area contributed by atoms with Crippen LogP contribution in [0.15, 0.2) is 30.3 Å². The lowest BCUT2D eigenvalue weighted by molar-refractivity contribution is -0.130. The largest absolute Gasteiger partial charge is 0.351 e. The minimum atomic E-state index is -0.0182. The van der Waals surface area contributed by atoms with E-state index < -0.39 is 0 Å². The second-order valence-electron chi connectivity index (χ2n) is 7.24. The first-order valence-electron chi connectivity index (χ1n) is 9.58. The lowest BCUT2D eigenvalue weighted by Gasteiger charge is -2.24. The minimum Gasteiger partial charge on any atom is -0.351 e. The van der Waals surface area contributed by atoms with Crippen LogP contribution in [0.5, 0.6) is 0 Å². The first-order valence-corrected chi connectivity index (χ1v) is 9.58. The number of hydrogen-bond acceptors (Lipinski definition) is 3. The maximum Gasteiger partial charge on any atom is 0.270 e. The highest BCUT2D eigenvalue weighted by molar-refractivity contribution is 5.98. The lowest BCUT2D eigenvalue weighted by Crippen LogP contribution is -2.39. The number of rotatable bonds is 4. The number of hydrogen-bond donors (Lipinski definition) is 1. The van der Waals surface area contributed by atoms with Crippen molar-refractivity contribution >= 4 is 22.7 Å². The molecule has 0 bridgehead atoms. The lowest BCUT2D eigenvalue weighted by atomic mass is 10.2. The van der Waals surface area contributed by atoms with E-state index in [4.69, 9.17) is 0 Å². The summed E-state index contributed by atoms with van der Waals surface area (Å²) in [5.41, 5.74) is 1.57. The molecule has 0 aliphatic carbocycles. The van der Waals surface area contributed by atoms with Gasteiger partial charge in [0.2, 0.25) is 5.91 Å². The number of likely N-dealkylation sites (tertiary alicyclic amines) is 1. The Labute approximate surface area is 153 Å². The maximum absolute atomic E-state index is 12.9. The van der Waals surface area contributed by atoms with Gasteiger partial charge in [-0.1, -0.05) is 18.2 Å². The summed E-state index contributed by atoms with van der Waals surface area (Å²) < 4.78 is 0. The zero-order valence-corrected chi connectivity index (χ0v) is 15.1. The van der Waals surface area contributed by atoms with Gasteiger partial charge in [0.1, 0.15) is 5.69 Å². The molecular weight excluding hydrogens is 328 g/mol. The molecule has 6 heteroatoms. The molecule has 2 aromatic rings. The summed E-state index contributed by atoms with van der Waals surface area (Å²) in [6.07, 6.45) is 2.94. The summed E-state index contributed by atoms with van der Waals surface area (Å²) in [5, 5.41) is 1.04. The summed E-state index contributed by atoms with van der Waals surface area (Å²) in [5.74, 6) is 0.145. The summed E-state index contributed by atoms with van der Waals surface area (Å²) in [7, 11) is 0. The van der Waals surface area contributed by atoms with Crippen molar-refractivity contribution < 1.29 is 9.59 Å². The van der Waals surface area contributed by atoms with Crippen molar-refractivity contribution in [2.75, 3.05) is 45.8 Å². The molecule has 26 heavy (non-hydrogen) atoms. The SMILES string of the molecule is O=C1CCN(C(=O)c2cc3ccccc3[nH]2)CCN1CCN1CCCC1. The van der Waals surface area contributed by atoms with Crippen LogP contribution in [0.1, 0.15) is 29.8 Å². The van der Waals surface area contributed by atoms with E-state index in [0.29, 0.717) is 31.7 Å². The van der Waals surface area contributed by atoms with Crippen LogP contribution in [0.2, 0.25) is 0 Å². The number of amides is 2. The van der Waals surface area contributed by atoms with Crippen molar-refractivity contribution in [2.24, 2.45) is 0 Å². The van der Waals surface area contributed by atoms with Gasteiger partial charge in [-0.2, -0.15) is 0 Å². The standard InChI is InChI=1S/C20H26N4O2/c25-19-7-10-24(14-13-23(19)12-11-22-8-3-4-9-22)20(26)18-15-16-5-1-2-6-17(16)21-18/h1-2,5-6,15,21H,3-4,7-14H2. The predicted molar refractivity (Wildman–Crippen MR) is 101 cm³/mol. The molecule has 0 radical (unpaired) electrons. The van der Waals surface area contributed by atoms with Gasteiger partial charge in [0.15, 0.2) is 0 Å². The zero-order chi connectivity index (χ0) is 17.9. The van der Waals surface area contributed by atoms with Crippen molar-refractivity contribution in [1.82, 2.24) is 19.7 Å². The van der Waals surface area contributed by atoms with Gasteiger partial charge in [-0.15, -0.1) is 0 Å². The van der Waals surface area contributed by atoms with E-state index in [0.717, 1.165) is 37.1 Å². The smallest absolute Gasteiger partial charge is 0.270 e. The third kappa shape index (κ3) is 3.60. The Morgan fingerprint density at radius 3 is 2.62 bits per heavy atom. The van der Waals surface area contributed by atoms with Crippen molar-refractivity contribution in [3.05, 3.63) is 36.0 Å². The highest BCUT2D eigenvalue weighted by Gasteiger charge is 2.25. The third-order valence-corrected chi connectivity index (χ3v) is 5.52. The molecule has 4 rings (SSSR count). The van der Waals surface area contributed by atoms with Crippen molar-refractivity contribution in [1.29, 1.82) is 0 Å². The van der Waals surface area contributed by atoms with Crippen LogP contribution >= 0.6 is 0 Å². The molecule has 2 fully saturated rings. The van der Waals surface area contributed by atoms with E-state index in [1.54, 1.807) is 4.90 Å². The number of H-pyrrole nitrogens is 1. The number of aromatic nitrogens is 1. The number of fused-ring (bicyclic) bond motifs is 1. The van der Waals surface area contributed by atoms with Crippen LogP contribution in [0.4, 0.5) is 0 Å². The Kier molecular flexibility index (Phi) is 4.93. The first-order chi connectivity index (χ1) is 12.7. The van der Waals surface area contributed by atoms with Crippen LogP contribution in [-0.4, -0.2) is 77.3 Å². The van der Waals surface area contributed by atoms with Crippen LogP contribution in [-0.2, 0) is 4.79 Å². The number of para-hydroxylation sites is 1. The van der Waals surface area contributed by atoms with Crippen LogP contribution in [0.3, 0.4) is 0 Å². The van der Waals surface area contributed by atoms with Gasteiger partial charge < -0.3 is 19.7 Å². The Bertz CT molecular complexity index is 761. The summed E-state index contributed by atoms with van der Waals surface area (Å²) in [6, 6.07) is 9.78. The molecule has 3 heterocycles. The number of nitrogens with one attached hydrogen (secondary N) is 1. The fourth-order valence-electron chi connectivity index (χ4n) is 3.93. The average Bonchev–Trinajstić information content (AvgIpc) is 3.28. The molecule has 0 saturated carbocycles. The minimum absolute atomic E-state index is 0.0182. The molecule has 1 aromatic carbocycles. The van der Waals surface area contributed by atoms with E-state index in [1.165, 1.54) is 12.8 Å². The highest BCUT2D eigenvalue weighted by Crippen LogP contribution is 2.17. The molecule has 1 aromatic heterocycles. The topological polar surface area (TPSA) is 59.7 Å². The molecule has 6 nitrogen and oxygen atoms in total. The first kappa shape index (κ1) is 17.1. The number of benzene rings is 1. The fourth-order valence-corrected chi connectivity index (χ4v) is 3.93. The number of carbonyl (C=O) groups excluding carboxylic acids is 2. The molecule has 0 spiro atoms. The molecule has 2 amide bonds. The molecule has 0 unspecified atom stereocenters. The molecule has 2 aliphatic rings. The molecular formula is C20H26N4O2. The Balaban J connectivity index is 1.38. The van der Waals surface area contributed by atoms with Gasteiger partial charge in [0, 0.05) is 50.0 Å². The van der Waals surface area contributed by atoms with E-state index in [-0.39, 0.29) is 11.8 Å². The van der Waals surface area contributed by atoms with Crippen LogP contribution in [0, 0.1) is 0 Å². The maximum atomic E-state index is 12.9. The van der Waals surface area contributed by atoms with Crippen molar-refractivity contribution in [2.45, 2.75) is 19.3 Å². The number of nitrogens with zero attached hydrogens (tertiary/aromatic N) is 3. The van der Waals surface area contributed by atoms with Gasteiger partial charge in [-0.3, -0.25) is 9.59 Å². The fraction of sp³-hybridized carbons (Fsp3) is 0.500. The Morgan fingerprint density at radius 1 is 1.00 bits per heavy atom. The highest BCUT2D eigenvalue weighted by atomic mass is 16.2. The second kappa shape index (κ2) is 7.50. The monoisotopic (exact) mass is 354 g/mol. The number of carbonyl (C=O) groups is 2. The normalized spacial score (nSPS) is 19.3. The molecule has 0 atom stereocenters. The van der Waals surface area contributed by atoms with E-state index >= 15 is 0 Å². The Morgan fingerprint density at radius 2 is 1.81 bits per heavy atom. The summed E-state index contributed by atoms with van der Waals surface area (Å²) >= 11 is 0. The molecule has 138 valence electrons. The second-order valence-corrected chi connectivity index (χ2v) is 7.24. The molecule has 2 saturated heterocycles. The van der Waals surface area contributed by atoms with Crippen LogP contribution < -0.4 is 0 Å².